The number of amides is 1. The van der Waals surface area contributed by atoms with Gasteiger partial charge in [0.15, 0.2) is 0 Å². The number of para-hydroxylation sites is 1. The molecule has 3 nitrogen and oxygen atoms in total. The lowest BCUT2D eigenvalue weighted by Gasteiger charge is -1.99. The molecule has 1 aromatic carbocycles. The molecule has 0 unspecified atom stereocenters. The molecule has 3 heteroatoms. The predicted octanol–water partition coefficient (Wildman–Crippen LogP) is 1.45. The first-order valence-electron chi connectivity index (χ1n) is 3.88. The van der Waals surface area contributed by atoms with Crippen molar-refractivity contribution in [3.8, 4) is 5.75 Å². The molecule has 0 saturated carbocycles. The maximum atomic E-state index is 10.6. The molecule has 68 valence electrons. The molecular weight excluding hydrogens is 166 g/mol. The molecule has 2 N–H and O–H groups in total. The van der Waals surface area contributed by atoms with Crippen molar-refractivity contribution in [1.82, 2.24) is 0 Å². The Morgan fingerprint density at radius 3 is 2.54 bits per heavy atom. The normalized spacial score (nSPS) is 11.0. The summed E-state index contributed by atoms with van der Waals surface area (Å²) in [6.07, 6.45) is 1.34. The zero-order valence-electron chi connectivity index (χ0n) is 7.36. The van der Waals surface area contributed by atoms with Gasteiger partial charge in [-0.3, -0.25) is 4.79 Å². The van der Waals surface area contributed by atoms with E-state index in [-0.39, 0.29) is 0 Å². The van der Waals surface area contributed by atoms with E-state index in [2.05, 4.69) is 0 Å². The number of carbonyl (C=O) groups excluding carboxylic acids is 1. The second-order valence-electron chi connectivity index (χ2n) is 2.60. The Bertz CT molecular complexity index is 317. The van der Waals surface area contributed by atoms with Crippen molar-refractivity contribution < 1.29 is 9.53 Å². The molecule has 0 atom stereocenters. The molecule has 0 aliphatic rings. The van der Waals surface area contributed by atoms with E-state index >= 15 is 0 Å². The van der Waals surface area contributed by atoms with Gasteiger partial charge in [-0.15, -0.1) is 0 Å². The van der Waals surface area contributed by atoms with Crippen LogP contribution >= 0.6 is 0 Å². The Morgan fingerprint density at radius 1 is 1.38 bits per heavy atom. The summed E-state index contributed by atoms with van der Waals surface area (Å²) in [4.78, 5) is 10.6. The molecule has 13 heavy (non-hydrogen) atoms. The lowest BCUT2D eigenvalue weighted by atomic mass is 10.3. The fraction of sp³-hybridized carbons (Fsp3) is 0.100. The van der Waals surface area contributed by atoms with E-state index in [1.165, 1.54) is 6.26 Å². The first kappa shape index (κ1) is 9.32. The number of rotatable bonds is 3. The van der Waals surface area contributed by atoms with Crippen LogP contribution in [0.2, 0.25) is 0 Å². The second kappa shape index (κ2) is 4.30. The number of hydrogen-bond donors (Lipinski definition) is 1. The van der Waals surface area contributed by atoms with Crippen LogP contribution in [0.5, 0.6) is 5.75 Å². The smallest absolute Gasteiger partial charge is 0.247 e. The quantitative estimate of drug-likeness (QED) is 0.561. The van der Waals surface area contributed by atoms with Gasteiger partial charge < -0.3 is 10.5 Å². The minimum absolute atomic E-state index is 0.392. The van der Waals surface area contributed by atoms with Crippen LogP contribution in [0, 0.1) is 0 Å². The minimum Gasteiger partial charge on any atom is -0.465 e. The molecule has 0 spiro atoms. The van der Waals surface area contributed by atoms with E-state index in [0.717, 1.165) is 0 Å². The predicted molar refractivity (Wildman–Crippen MR) is 50.0 cm³/mol. The van der Waals surface area contributed by atoms with Crippen LogP contribution in [-0.4, -0.2) is 5.91 Å². The van der Waals surface area contributed by atoms with E-state index in [0.29, 0.717) is 11.3 Å². The molecule has 0 heterocycles. The number of carbonyl (C=O) groups is 1. The molecule has 0 fully saturated rings. The third-order valence-electron chi connectivity index (χ3n) is 1.50. The SMILES string of the molecule is C/C(=C\Oc1ccccc1)C(N)=O. The van der Waals surface area contributed by atoms with E-state index < -0.39 is 5.91 Å². The fourth-order valence-electron chi connectivity index (χ4n) is 0.714. The Balaban J connectivity index is 2.62. The third kappa shape index (κ3) is 2.99. The molecule has 1 amide bonds. The lowest BCUT2D eigenvalue weighted by molar-refractivity contribution is -0.114. The minimum atomic E-state index is -0.476. The molecule has 0 aromatic heterocycles. The monoisotopic (exact) mass is 177 g/mol. The maximum absolute atomic E-state index is 10.6. The summed E-state index contributed by atoms with van der Waals surface area (Å²) >= 11 is 0. The Labute approximate surface area is 76.8 Å². The number of nitrogens with two attached hydrogens (primary N) is 1. The van der Waals surface area contributed by atoms with Crippen molar-refractivity contribution in [2.45, 2.75) is 6.92 Å². The topological polar surface area (TPSA) is 52.3 Å². The number of benzene rings is 1. The van der Waals surface area contributed by atoms with Crippen molar-refractivity contribution in [3.63, 3.8) is 0 Å². The molecule has 0 aliphatic heterocycles. The van der Waals surface area contributed by atoms with Crippen LogP contribution in [0.3, 0.4) is 0 Å². The van der Waals surface area contributed by atoms with Crippen LogP contribution in [-0.2, 0) is 4.79 Å². The summed E-state index contributed by atoms with van der Waals surface area (Å²) in [5, 5.41) is 0. The van der Waals surface area contributed by atoms with Crippen molar-refractivity contribution in [2.24, 2.45) is 5.73 Å². The van der Waals surface area contributed by atoms with Gasteiger partial charge in [-0.05, 0) is 19.1 Å². The highest BCUT2D eigenvalue weighted by Gasteiger charge is 1.96. The summed E-state index contributed by atoms with van der Waals surface area (Å²) in [6, 6.07) is 9.18. The van der Waals surface area contributed by atoms with Gasteiger partial charge in [0.1, 0.15) is 5.75 Å². The van der Waals surface area contributed by atoms with Crippen LogP contribution in [0.4, 0.5) is 0 Å². The Hall–Kier alpha value is -1.77. The van der Waals surface area contributed by atoms with Gasteiger partial charge in [-0.1, -0.05) is 18.2 Å². The highest BCUT2D eigenvalue weighted by molar-refractivity contribution is 5.90. The van der Waals surface area contributed by atoms with Crippen molar-refractivity contribution in [1.29, 1.82) is 0 Å². The third-order valence-corrected chi connectivity index (χ3v) is 1.50. The number of hydrogen-bond acceptors (Lipinski definition) is 2. The van der Waals surface area contributed by atoms with Crippen LogP contribution in [0.15, 0.2) is 42.2 Å². The maximum Gasteiger partial charge on any atom is 0.247 e. The highest BCUT2D eigenvalue weighted by Crippen LogP contribution is 2.09. The van der Waals surface area contributed by atoms with Gasteiger partial charge >= 0.3 is 0 Å². The summed E-state index contributed by atoms with van der Waals surface area (Å²) in [5.41, 5.74) is 5.41. The number of ether oxygens (including phenoxy) is 1. The van der Waals surface area contributed by atoms with Gasteiger partial charge in [-0.2, -0.15) is 0 Å². The van der Waals surface area contributed by atoms with Crippen molar-refractivity contribution in [2.75, 3.05) is 0 Å². The zero-order valence-corrected chi connectivity index (χ0v) is 7.36. The molecular formula is C10H11NO2. The highest BCUT2D eigenvalue weighted by atomic mass is 16.5. The van der Waals surface area contributed by atoms with Gasteiger partial charge in [0.25, 0.3) is 0 Å². The zero-order chi connectivity index (χ0) is 9.68. The molecule has 1 rings (SSSR count). The van der Waals surface area contributed by atoms with Crippen molar-refractivity contribution >= 4 is 5.91 Å². The van der Waals surface area contributed by atoms with Gasteiger partial charge in [0.2, 0.25) is 5.91 Å². The van der Waals surface area contributed by atoms with E-state index in [4.69, 9.17) is 10.5 Å². The first-order chi connectivity index (χ1) is 6.20. The van der Waals surface area contributed by atoms with Gasteiger partial charge in [-0.25, -0.2) is 0 Å². The van der Waals surface area contributed by atoms with Crippen LogP contribution in [0.1, 0.15) is 6.92 Å². The number of primary amides is 1. The molecule has 1 aromatic rings. The summed E-state index contributed by atoms with van der Waals surface area (Å²) < 4.78 is 5.17. The van der Waals surface area contributed by atoms with E-state index in [1.54, 1.807) is 19.1 Å². The largest absolute Gasteiger partial charge is 0.465 e. The standard InChI is InChI=1S/C10H11NO2/c1-8(10(11)12)7-13-9-5-3-2-4-6-9/h2-7H,1H3,(H2,11,12)/b8-7+. The Kier molecular flexibility index (Phi) is 3.09. The molecule has 0 aliphatic carbocycles. The van der Waals surface area contributed by atoms with Gasteiger partial charge in [0, 0.05) is 5.57 Å². The van der Waals surface area contributed by atoms with E-state index in [9.17, 15) is 4.79 Å². The van der Waals surface area contributed by atoms with Gasteiger partial charge in [0.05, 0.1) is 6.26 Å². The van der Waals surface area contributed by atoms with Crippen molar-refractivity contribution in [3.05, 3.63) is 42.2 Å². The molecule has 0 bridgehead atoms. The average molecular weight is 177 g/mol. The molecule has 0 radical (unpaired) electrons. The fourth-order valence-corrected chi connectivity index (χ4v) is 0.714. The summed E-state index contributed by atoms with van der Waals surface area (Å²) in [6.45, 7) is 1.60. The summed E-state index contributed by atoms with van der Waals surface area (Å²) in [5.74, 6) is 0.207. The summed E-state index contributed by atoms with van der Waals surface area (Å²) in [7, 11) is 0. The van der Waals surface area contributed by atoms with E-state index in [1.807, 2.05) is 18.2 Å². The second-order valence-corrected chi connectivity index (χ2v) is 2.60. The lowest BCUT2D eigenvalue weighted by Crippen LogP contribution is -2.12. The molecule has 0 saturated heterocycles. The van der Waals surface area contributed by atoms with Crippen LogP contribution in [0.25, 0.3) is 0 Å². The first-order valence-corrected chi connectivity index (χ1v) is 3.88. The van der Waals surface area contributed by atoms with Crippen LogP contribution < -0.4 is 10.5 Å². The Morgan fingerprint density at radius 2 is 2.00 bits per heavy atom. The average Bonchev–Trinajstić information content (AvgIpc) is 2.15.